The maximum atomic E-state index is 13.6. The summed E-state index contributed by atoms with van der Waals surface area (Å²) in [5, 5.41) is 16.9. The molecule has 11 nitrogen and oxygen atoms in total. The molecule has 13 heteroatoms. The summed E-state index contributed by atoms with van der Waals surface area (Å²) in [5.74, 6) is 0.252. The van der Waals surface area contributed by atoms with E-state index in [2.05, 4.69) is 20.3 Å². The summed E-state index contributed by atoms with van der Waals surface area (Å²) in [6.45, 7) is 10.4. The zero-order chi connectivity index (χ0) is 31.4. The van der Waals surface area contributed by atoms with Gasteiger partial charge in [-0.1, -0.05) is 6.07 Å². The first kappa shape index (κ1) is 33.8. The molecule has 1 saturated carbocycles. The van der Waals surface area contributed by atoms with Crippen molar-refractivity contribution in [2.75, 3.05) is 25.5 Å². The van der Waals surface area contributed by atoms with Crippen LogP contribution in [0.15, 0.2) is 29.3 Å². The number of aliphatic hydroxyl groups is 1. The number of thiazole rings is 1. The molecule has 1 aromatic heterocycles. The molecule has 4 rings (SSSR count). The number of nitrogens with zero attached hydrogens (tertiary/aromatic N) is 2. The third-order valence-corrected chi connectivity index (χ3v) is 10.7. The molecule has 1 aromatic carbocycles. The van der Waals surface area contributed by atoms with Gasteiger partial charge in [-0.2, -0.15) is 0 Å². The highest BCUT2D eigenvalue weighted by Crippen LogP contribution is 2.40. The van der Waals surface area contributed by atoms with Crippen LogP contribution in [0.3, 0.4) is 0 Å². The number of amides is 1. The fraction of sp³-hybridized carbons (Fsp3) is 0.667. The van der Waals surface area contributed by atoms with E-state index in [9.17, 15) is 18.3 Å². The van der Waals surface area contributed by atoms with E-state index in [1.807, 2.05) is 20.9 Å². The first-order valence-electron chi connectivity index (χ1n) is 15.1. The van der Waals surface area contributed by atoms with Crippen LogP contribution in [0.2, 0.25) is 0 Å². The van der Waals surface area contributed by atoms with Gasteiger partial charge in [0.25, 0.3) is 0 Å². The highest BCUT2D eigenvalue weighted by molar-refractivity contribution is 7.89. The lowest BCUT2D eigenvalue weighted by atomic mass is 9.86. The Hall–Kier alpha value is -2.13. The zero-order valence-electron chi connectivity index (χ0n) is 26.1. The molecule has 2 aliphatic rings. The van der Waals surface area contributed by atoms with E-state index in [-0.39, 0.29) is 35.6 Å². The van der Waals surface area contributed by atoms with Gasteiger partial charge >= 0.3 is 6.09 Å². The van der Waals surface area contributed by atoms with E-state index in [0.29, 0.717) is 11.3 Å². The lowest BCUT2D eigenvalue weighted by Crippen LogP contribution is -2.42. The Kier molecular flexibility index (Phi) is 11.2. The van der Waals surface area contributed by atoms with Gasteiger partial charge in [0.2, 0.25) is 16.4 Å². The maximum absolute atomic E-state index is 13.6. The normalized spacial score (nSPS) is 22.6. The van der Waals surface area contributed by atoms with E-state index >= 15 is 0 Å². The van der Waals surface area contributed by atoms with Crippen molar-refractivity contribution < 1.29 is 27.8 Å². The topological polar surface area (TPSA) is 142 Å². The summed E-state index contributed by atoms with van der Waals surface area (Å²) < 4.78 is 40.8. The number of benzene rings is 1. The minimum absolute atomic E-state index is 0.0672. The molecule has 1 aliphatic carbocycles. The van der Waals surface area contributed by atoms with Crippen molar-refractivity contribution in [2.24, 2.45) is 0 Å². The molecule has 2 atom stereocenters. The van der Waals surface area contributed by atoms with Crippen LogP contribution in [-0.4, -0.2) is 79.8 Å². The number of likely N-dealkylation sites (tertiary alicyclic amines) is 1. The largest absolute Gasteiger partial charge is 0.448 e. The SMILES string of the molecule is CC(C)OC(O)NC1CCC(c2ncc(-c3ccc(NC(=O)OC[C@@H]4CCCN4C)cc3S(=O)(=O)NC(C)(C)C)s2)CC1. The first-order valence-corrected chi connectivity index (χ1v) is 17.4. The monoisotopic (exact) mass is 637 g/mol. The maximum Gasteiger partial charge on any atom is 0.411 e. The van der Waals surface area contributed by atoms with Gasteiger partial charge in [-0.05, 0) is 98.9 Å². The van der Waals surface area contributed by atoms with Crippen LogP contribution in [0.1, 0.15) is 84.1 Å². The molecule has 1 saturated heterocycles. The number of anilines is 1. The van der Waals surface area contributed by atoms with Crippen LogP contribution in [0.4, 0.5) is 10.5 Å². The molecule has 1 unspecified atom stereocenters. The van der Waals surface area contributed by atoms with E-state index in [0.717, 1.165) is 55.0 Å². The van der Waals surface area contributed by atoms with E-state index in [1.54, 1.807) is 39.1 Å². The Labute approximate surface area is 259 Å². The summed E-state index contributed by atoms with van der Waals surface area (Å²) in [6.07, 6.45) is 5.67. The Bertz CT molecular complexity index is 1330. The number of ether oxygens (including phenoxy) is 2. The second kappa shape index (κ2) is 14.3. The Morgan fingerprint density at radius 3 is 2.53 bits per heavy atom. The van der Waals surface area contributed by atoms with Gasteiger partial charge in [-0.3, -0.25) is 10.6 Å². The second-order valence-corrected chi connectivity index (χ2v) is 15.6. The fourth-order valence-electron chi connectivity index (χ4n) is 5.61. The van der Waals surface area contributed by atoms with Crippen LogP contribution in [-0.2, 0) is 19.5 Å². The number of carbonyl (C=O) groups excluding carboxylic acids is 1. The number of nitrogens with one attached hydrogen (secondary N) is 3. The van der Waals surface area contributed by atoms with Crippen molar-refractivity contribution in [3.63, 3.8) is 0 Å². The minimum Gasteiger partial charge on any atom is -0.448 e. The smallest absolute Gasteiger partial charge is 0.411 e. The van der Waals surface area contributed by atoms with Crippen LogP contribution in [0.25, 0.3) is 10.4 Å². The summed E-state index contributed by atoms with van der Waals surface area (Å²) in [6, 6.07) is 5.24. The zero-order valence-corrected chi connectivity index (χ0v) is 27.7. The molecule has 2 aromatic rings. The van der Waals surface area contributed by atoms with E-state index < -0.39 is 28.1 Å². The number of hydrogen-bond acceptors (Lipinski definition) is 10. The number of rotatable bonds is 11. The molecule has 0 bridgehead atoms. The number of aromatic nitrogens is 1. The summed E-state index contributed by atoms with van der Waals surface area (Å²) in [4.78, 5) is 20.2. The molecular weight excluding hydrogens is 590 g/mol. The quantitative estimate of drug-likeness (QED) is 0.255. The summed E-state index contributed by atoms with van der Waals surface area (Å²) in [7, 11) is -1.93. The first-order chi connectivity index (χ1) is 20.2. The molecule has 1 amide bonds. The van der Waals surface area contributed by atoms with Crippen LogP contribution in [0.5, 0.6) is 0 Å². The van der Waals surface area contributed by atoms with Crippen molar-refractivity contribution >= 4 is 33.1 Å². The van der Waals surface area contributed by atoms with Crippen molar-refractivity contribution in [2.45, 2.75) is 114 Å². The summed E-state index contributed by atoms with van der Waals surface area (Å²) in [5.41, 5.74) is 0.156. The average Bonchev–Trinajstić information content (AvgIpc) is 3.55. The Morgan fingerprint density at radius 2 is 1.91 bits per heavy atom. The van der Waals surface area contributed by atoms with Crippen LogP contribution < -0.4 is 15.4 Å². The molecule has 0 spiro atoms. The summed E-state index contributed by atoms with van der Waals surface area (Å²) >= 11 is 1.49. The molecule has 2 fully saturated rings. The molecule has 1 aliphatic heterocycles. The van der Waals surface area contributed by atoms with Gasteiger partial charge in [0.05, 0.1) is 20.9 Å². The van der Waals surface area contributed by atoms with Gasteiger partial charge in [0.1, 0.15) is 6.61 Å². The van der Waals surface area contributed by atoms with Gasteiger partial charge in [0.15, 0.2) is 0 Å². The standard InChI is InChI=1S/C30H47N5O6S2/c1-19(2)41-29(37)32-21-11-9-20(10-12-21)27-31-17-25(42-27)24-14-13-22(16-26(24)43(38,39)34-30(3,4)5)33-28(36)40-18-23-8-7-15-35(23)6/h13-14,16-17,19-21,23,29,32,34,37H,7-12,15,18H2,1-6H3,(H,33,36)/t20?,21?,23-,29?/m0/s1. The molecule has 2 heterocycles. The predicted molar refractivity (Wildman–Crippen MR) is 169 cm³/mol. The predicted octanol–water partition coefficient (Wildman–Crippen LogP) is 4.85. The van der Waals surface area contributed by atoms with Gasteiger partial charge in [-0.15, -0.1) is 11.3 Å². The highest BCUT2D eigenvalue weighted by atomic mass is 32.2. The van der Waals surface area contributed by atoms with Crippen LogP contribution in [0, 0.1) is 0 Å². The van der Waals surface area contributed by atoms with Gasteiger partial charge in [0, 0.05) is 41.0 Å². The van der Waals surface area contributed by atoms with E-state index in [4.69, 9.17) is 14.5 Å². The highest BCUT2D eigenvalue weighted by Gasteiger charge is 2.29. The van der Waals surface area contributed by atoms with Crippen molar-refractivity contribution in [3.8, 4) is 10.4 Å². The minimum atomic E-state index is -3.94. The fourth-order valence-corrected chi connectivity index (χ4v) is 8.46. The average molecular weight is 638 g/mol. The molecule has 43 heavy (non-hydrogen) atoms. The number of sulfonamides is 1. The number of hydrogen-bond donors (Lipinski definition) is 4. The van der Waals surface area contributed by atoms with E-state index in [1.165, 1.54) is 17.4 Å². The lowest BCUT2D eigenvalue weighted by Gasteiger charge is -2.30. The van der Waals surface area contributed by atoms with Crippen LogP contribution >= 0.6 is 11.3 Å². The van der Waals surface area contributed by atoms with Crippen molar-refractivity contribution in [3.05, 3.63) is 29.4 Å². The Morgan fingerprint density at radius 1 is 1.19 bits per heavy atom. The lowest BCUT2D eigenvalue weighted by molar-refractivity contribution is -0.150. The van der Waals surface area contributed by atoms with Crippen molar-refractivity contribution in [1.82, 2.24) is 19.9 Å². The Balaban J connectivity index is 1.49. The van der Waals surface area contributed by atoms with Gasteiger partial charge < -0.3 is 19.5 Å². The third kappa shape index (κ3) is 9.68. The molecule has 4 N–H and O–H groups in total. The van der Waals surface area contributed by atoms with Crippen molar-refractivity contribution in [1.29, 1.82) is 0 Å². The number of aliphatic hydroxyl groups excluding tert-OH is 1. The van der Waals surface area contributed by atoms with Gasteiger partial charge in [-0.25, -0.2) is 22.9 Å². The molecule has 0 radical (unpaired) electrons. The number of likely N-dealkylation sites (N-methyl/N-ethyl adjacent to an activating group) is 1. The third-order valence-electron chi connectivity index (χ3n) is 7.68. The molecular formula is C30H47N5O6S2. The molecule has 240 valence electrons. The second-order valence-electron chi connectivity index (χ2n) is 12.9. The number of carbonyl (C=O) groups is 1.